The average Bonchev–Trinajstić information content (AvgIpc) is 2.66. The van der Waals surface area contributed by atoms with Crippen LogP contribution in [0.3, 0.4) is 0 Å². The minimum Gasteiger partial charge on any atom is -0.287 e. The zero-order valence-electron chi connectivity index (χ0n) is 14.6. The first kappa shape index (κ1) is 20.2. The van der Waals surface area contributed by atoms with Gasteiger partial charge in [0.15, 0.2) is 5.84 Å². The van der Waals surface area contributed by atoms with Crippen molar-refractivity contribution < 1.29 is 13.2 Å². The molecule has 142 valence electrons. The molecule has 2 aromatic carbocycles. The predicted octanol–water partition coefficient (Wildman–Crippen LogP) is 4.40. The number of carbonyl (C=O) groups excluding carboxylic acids is 1. The Morgan fingerprint density at radius 2 is 1.46 bits per heavy atom. The molecule has 0 amide bonds. The first-order chi connectivity index (χ1) is 13.3. The Morgan fingerprint density at radius 1 is 0.893 bits per heavy atom. The number of hydrogen-bond acceptors (Lipinski definition) is 3. The highest BCUT2D eigenvalue weighted by atomic mass is 35.5. The molecule has 28 heavy (non-hydrogen) atoms. The number of Topliss-reactive ketones (excluding diaryl/α,β-unsaturated/α-hetero) is 1. The van der Waals surface area contributed by atoms with Crippen LogP contribution in [0.25, 0.3) is 0 Å². The summed E-state index contributed by atoms with van der Waals surface area (Å²) in [6.45, 7) is 1.86. The molecule has 1 aliphatic carbocycles. The lowest BCUT2D eigenvalue weighted by Crippen LogP contribution is -2.11. The van der Waals surface area contributed by atoms with Crippen LogP contribution in [0.5, 0.6) is 0 Å². The Hall–Kier alpha value is -2.54. The lowest BCUT2D eigenvalue weighted by molar-refractivity contribution is -0.111. The molecule has 8 heteroatoms. The van der Waals surface area contributed by atoms with E-state index >= 15 is 0 Å². The van der Waals surface area contributed by atoms with Crippen LogP contribution in [0.1, 0.15) is 11.1 Å². The fourth-order valence-electron chi connectivity index (χ4n) is 2.34. The molecule has 0 saturated heterocycles. The molecule has 0 fully saturated rings. The van der Waals surface area contributed by atoms with Gasteiger partial charge in [0.2, 0.25) is 5.78 Å². The maximum atomic E-state index is 12.8. The van der Waals surface area contributed by atoms with Gasteiger partial charge in [-0.2, -0.15) is 8.42 Å². The van der Waals surface area contributed by atoms with Gasteiger partial charge in [0.05, 0.1) is 20.7 Å². The lowest BCUT2D eigenvalue weighted by atomic mass is 10.1. The Kier molecular flexibility index (Phi) is 5.93. The third-order valence-electron chi connectivity index (χ3n) is 3.78. The highest BCUT2D eigenvalue weighted by Crippen LogP contribution is 2.21. The molecule has 0 radical (unpaired) electrons. The SMILES string of the molecule is Cc1ccc(S(=O)(=O)/N=C(\N=C2C=C(Cl)C(=O)C(Cl)=C2)c2ccccc2)cc1. The summed E-state index contributed by atoms with van der Waals surface area (Å²) in [4.78, 5) is 16.0. The van der Waals surface area contributed by atoms with E-state index < -0.39 is 15.8 Å². The second-order valence-electron chi connectivity index (χ2n) is 5.92. The summed E-state index contributed by atoms with van der Waals surface area (Å²) >= 11 is 11.8. The van der Waals surface area contributed by atoms with Gasteiger partial charge in [0, 0.05) is 5.56 Å². The van der Waals surface area contributed by atoms with Crippen molar-refractivity contribution in [2.75, 3.05) is 0 Å². The van der Waals surface area contributed by atoms with Crippen molar-refractivity contribution >= 4 is 50.6 Å². The smallest absolute Gasteiger partial charge is 0.284 e. The Labute approximate surface area is 172 Å². The molecule has 0 atom stereocenters. The van der Waals surface area contributed by atoms with E-state index in [1.807, 2.05) is 6.92 Å². The lowest BCUT2D eigenvalue weighted by Gasteiger charge is -2.08. The first-order valence-electron chi connectivity index (χ1n) is 8.11. The van der Waals surface area contributed by atoms with Crippen LogP contribution in [0, 0.1) is 6.92 Å². The molecule has 0 bridgehead atoms. The summed E-state index contributed by atoms with van der Waals surface area (Å²) in [6, 6.07) is 15.0. The van der Waals surface area contributed by atoms with E-state index in [9.17, 15) is 13.2 Å². The van der Waals surface area contributed by atoms with E-state index in [0.29, 0.717) is 5.56 Å². The van der Waals surface area contributed by atoms with Gasteiger partial charge in [0.25, 0.3) is 10.0 Å². The largest absolute Gasteiger partial charge is 0.287 e. The number of allylic oxidation sites excluding steroid dienone is 4. The fraction of sp³-hybridized carbons (Fsp3) is 0.0500. The van der Waals surface area contributed by atoms with Crippen molar-refractivity contribution in [1.82, 2.24) is 0 Å². The van der Waals surface area contributed by atoms with E-state index in [4.69, 9.17) is 23.2 Å². The molecule has 0 aliphatic heterocycles. The average molecular weight is 433 g/mol. The van der Waals surface area contributed by atoms with Crippen LogP contribution in [0.15, 0.2) is 91.1 Å². The summed E-state index contributed by atoms with van der Waals surface area (Å²) in [6.07, 6.45) is 2.62. The highest BCUT2D eigenvalue weighted by molar-refractivity contribution is 7.90. The van der Waals surface area contributed by atoms with Crippen LogP contribution >= 0.6 is 23.2 Å². The second-order valence-corrected chi connectivity index (χ2v) is 8.34. The summed E-state index contributed by atoms with van der Waals surface area (Å²) in [5.74, 6) is -0.570. The third kappa shape index (κ3) is 4.65. The molecule has 3 rings (SSSR count). The summed E-state index contributed by atoms with van der Waals surface area (Å²) in [7, 11) is -4.01. The van der Waals surface area contributed by atoms with Gasteiger partial charge >= 0.3 is 0 Å². The van der Waals surface area contributed by atoms with Crippen molar-refractivity contribution in [3.05, 3.63) is 87.9 Å². The zero-order valence-corrected chi connectivity index (χ0v) is 17.0. The third-order valence-corrected chi connectivity index (χ3v) is 5.62. The van der Waals surface area contributed by atoms with Crippen molar-refractivity contribution in [2.45, 2.75) is 11.8 Å². The Bertz CT molecular complexity index is 1120. The van der Waals surface area contributed by atoms with Crippen LogP contribution < -0.4 is 0 Å². The number of ketones is 1. The maximum Gasteiger partial charge on any atom is 0.284 e. The van der Waals surface area contributed by atoms with Crippen molar-refractivity contribution in [1.29, 1.82) is 0 Å². The molecule has 0 saturated carbocycles. The number of aryl methyl sites for hydroxylation is 1. The topological polar surface area (TPSA) is 75.9 Å². The number of halogens is 2. The normalized spacial score (nSPS) is 15.2. The van der Waals surface area contributed by atoms with E-state index in [1.54, 1.807) is 42.5 Å². The van der Waals surface area contributed by atoms with Gasteiger partial charge in [-0.05, 0) is 31.2 Å². The monoisotopic (exact) mass is 432 g/mol. The molecule has 0 heterocycles. The number of benzene rings is 2. The van der Waals surface area contributed by atoms with Gasteiger partial charge in [-0.25, -0.2) is 4.99 Å². The molecule has 0 N–H and O–H groups in total. The molecule has 0 spiro atoms. The molecule has 2 aromatic rings. The van der Waals surface area contributed by atoms with Gasteiger partial charge in [-0.1, -0.05) is 71.2 Å². The molecule has 0 aromatic heterocycles. The number of hydrogen-bond donors (Lipinski definition) is 0. The number of sulfonamides is 1. The molecule has 0 unspecified atom stereocenters. The predicted molar refractivity (Wildman–Crippen MR) is 112 cm³/mol. The van der Waals surface area contributed by atoms with Crippen LogP contribution in [0.4, 0.5) is 0 Å². The fourth-order valence-corrected chi connectivity index (χ4v) is 3.77. The molecule has 1 aliphatic rings. The number of amidine groups is 1. The van der Waals surface area contributed by atoms with Gasteiger partial charge < -0.3 is 0 Å². The number of carbonyl (C=O) groups is 1. The minimum atomic E-state index is -4.01. The maximum absolute atomic E-state index is 12.8. The highest BCUT2D eigenvalue weighted by Gasteiger charge is 2.19. The second kappa shape index (κ2) is 8.22. The minimum absolute atomic E-state index is 0.0488. The zero-order chi connectivity index (χ0) is 20.3. The van der Waals surface area contributed by atoms with E-state index in [2.05, 4.69) is 9.39 Å². The number of aliphatic imine (C=N–C) groups is 1. The van der Waals surface area contributed by atoms with Crippen LogP contribution in [-0.2, 0) is 14.8 Å². The number of rotatable bonds is 3. The van der Waals surface area contributed by atoms with E-state index in [1.165, 1.54) is 24.3 Å². The summed E-state index contributed by atoms with van der Waals surface area (Å²) < 4.78 is 29.4. The standard InChI is InChI=1S/C20H14Cl2N2O3S/c1-13-7-9-16(10-8-13)28(26,27)24-20(14-5-3-2-4-6-14)23-15-11-17(21)19(25)18(22)12-15/h2-12H,1H3/b24-20-. The van der Waals surface area contributed by atoms with Crippen LogP contribution in [0.2, 0.25) is 0 Å². The van der Waals surface area contributed by atoms with Crippen molar-refractivity contribution in [2.24, 2.45) is 9.39 Å². The van der Waals surface area contributed by atoms with E-state index in [-0.39, 0.29) is 26.5 Å². The Balaban J connectivity index is 2.14. The first-order valence-corrected chi connectivity index (χ1v) is 10.3. The molecule has 5 nitrogen and oxygen atoms in total. The van der Waals surface area contributed by atoms with Gasteiger partial charge in [-0.3, -0.25) is 4.79 Å². The molecular weight excluding hydrogens is 419 g/mol. The molecular formula is C20H14Cl2N2O3S. The van der Waals surface area contributed by atoms with Crippen molar-refractivity contribution in [3.8, 4) is 0 Å². The van der Waals surface area contributed by atoms with Crippen molar-refractivity contribution in [3.63, 3.8) is 0 Å². The van der Waals surface area contributed by atoms with Gasteiger partial charge in [-0.15, -0.1) is 4.40 Å². The number of nitrogens with zero attached hydrogens (tertiary/aromatic N) is 2. The Morgan fingerprint density at radius 3 is 2.04 bits per heavy atom. The summed E-state index contributed by atoms with van der Waals surface area (Å²) in [5, 5.41) is -0.222. The quantitative estimate of drug-likeness (QED) is 0.409. The van der Waals surface area contributed by atoms with E-state index in [0.717, 1.165) is 5.56 Å². The summed E-state index contributed by atoms with van der Waals surface area (Å²) in [5.41, 5.74) is 1.63. The van der Waals surface area contributed by atoms with Crippen LogP contribution in [-0.4, -0.2) is 25.7 Å². The van der Waals surface area contributed by atoms with Gasteiger partial charge in [0.1, 0.15) is 0 Å².